The molecular formula is C89H146O17P2. The van der Waals surface area contributed by atoms with Gasteiger partial charge in [0.1, 0.15) is 19.3 Å². The summed E-state index contributed by atoms with van der Waals surface area (Å²) in [6.45, 7) is 4.44. The van der Waals surface area contributed by atoms with Crippen LogP contribution in [0.1, 0.15) is 310 Å². The lowest BCUT2D eigenvalue weighted by Gasteiger charge is -2.21. The Morgan fingerprint density at radius 3 is 0.833 bits per heavy atom. The summed E-state index contributed by atoms with van der Waals surface area (Å²) in [5, 5.41) is 10.7. The zero-order valence-corrected chi connectivity index (χ0v) is 69.0. The number of phosphoric ester groups is 2. The summed E-state index contributed by atoms with van der Waals surface area (Å²) in [6, 6.07) is 0. The minimum Gasteiger partial charge on any atom is -0.462 e. The van der Waals surface area contributed by atoms with Crippen molar-refractivity contribution >= 4 is 39.5 Å². The fraction of sp³-hybridized carbons (Fsp3) is 0.640. The molecule has 0 rings (SSSR count). The molecule has 108 heavy (non-hydrogen) atoms. The molecule has 0 aliphatic carbocycles. The number of unbranched alkanes of at least 4 members (excludes halogenated alkanes) is 22. The Morgan fingerprint density at radius 1 is 0.269 bits per heavy atom. The van der Waals surface area contributed by atoms with Gasteiger partial charge in [0.15, 0.2) is 12.2 Å². The van der Waals surface area contributed by atoms with Gasteiger partial charge >= 0.3 is 39.5 Å². The van der Waals surface area contributed by atoms with Crippen molar-refractivity contribution in [3.05, 3.63) is 170 Å². The molecule has 2 unspecified atom stereocenters. The average Bonchev–Trinajstić information content (AvgIpc) is 0.896. The number of rotatable bonds is 76. The van der Waals surface area contributed by atoms with Gasteiger partial charge in [0.2, 0.25) is 0 Å². The van der Waals surface area contributed by atoms with Crippen molar-refractivity contribution < 1.29 is 80.2 Å². The zero-order chi connectivity index (χ0) is 78.9. The SMILES string of the molecule is CC/C=C\C/C=C\C/C=C\C/C=C\C/C=C\C/C=C\CCC(=O)OC[C@H](COP(=O)(O)OC[C@@H](O)COP(=O)(O)OC[C@@H](COC(=O)CCCCCCCCCCCCCCCCC)OC(=O)CCCCCCC/C=C\C/C=C\CCCCC)OC(=O)CC/C=C\C/C=C\C/C=C\C/C=C\C/C=C\C/C=C\CC. The summed E-state index contributed by atoms with van der Waals surface area (Å²) in [5.41, 5.74) is 0. The van der Waals surface area contributed by atoms with Crippen molar-refractivity contribution in [2.75, 3.05) is 39.6 Å². The maximum atomic E-state index is 13.1. The molecule has 0 aliphatic heterocycles. The van der Waals surface area contributed by atoms with Crippen molar-refractivity contribution in [3.8, 4) is 0 Å². The first-order valence-corrected chi connectivity index (χ1v) is 44.4. The molecule has 0 fully saturated rings. The van der Waals surface area contributed by atoms with Crippen molar-refractivity contribution in [3.63, 3.8) is 0 Å². The van der Waals surface area contributed by atoms with Gasteiger partial charge < -0.3 is 33.8 Å². The van der Waals surface area contributed by atoms with Crippen LogP contribution in [-0.2, 0) is 65.4 Å². The van der Waals surface area contributed by atoms with Crippen molar-refractivity contribution in [2.45, 2.75) is 329 Å². The van der Waals surface area contributed by atoms with E-state index in [1.165, 1.54) is 89.9 Å². The molecule has 0 amide bonds. The molecule has 3 N–H and O–H groups in total. The Labute approximate surface area is 654 Å². The van der Waals surface area contributed by atoms with E-state index >= 15 is 0 Å². The van der Waals surface area contributed by atoms with Crippen LogP contribution in [0.15, 0.2) is 170 Å². The van der Waals surface area contributed by atoms with E-state index in [-0.39, 0.29) is 25.7 Å². The third-order valence-corrected chi connectivity index (χ3v) is 18.6. The van der Waals surface area contributed by atoms with E-state index in [4.69, 9.17) is 37.0 Å². The lowest BCUT2D eigenvalue weighted by atomic mass is 10.0. The molecule has 0 aromatic carbocycles. The second-order valence-electron chi connectivity index (χ2n) is 27.0. The Hall–Kier alpha value is -5.58. The molecular weight excluding hydrogens is 1400 g/mol. The van der Waals surface area contributed by atoms with E-state index in [1.54, 1.807) is 0 Å². The fourth-order valence-corrected chi connectivity index (χ4v) is 12.1. The highest BCUT2D eigenvalue weighted by molar-refractivity contribution is 7.47. The predicted octanol–water partition coefficient (Wildman–Crippen LogP) is 24.6. The number of carbonyl (C=O) groups excluding carboxylic acids is 4. The van der Waals surface area contributed by atoms with E-state index in [2.05, 4.69) is 161 Å². The van der Waals surface area contributed by atoms with Crippen LogP contribution in [0.2, 0.25) is 0 Å². The van der Waals surface area contributed by atoms with E-state index in [1.807, 2.05) is 36.5 Å². The molecule has 0 aromatic rings. The normalized spacial score (nSPS) is 14.7. The quantitative estimate of drug-likeness (QED) is 0.0169. The fourth-order valence-electron chi connectivity index (χ4n) is 10.5. The van der Waals surface area contributed by atoms with E-state index in [9.17, 15) is 43.2 Å². The lowest BCUT2D eigenvalue weighted by Crippen LogP contribution is -2.30. The van der Waals surface area contributed by atoms with Crippen LogP contribution in [0.4, 0.5) is 0 Å². The predicted molar refractivity (Wildman–Crippen MR) is 445 cm³/mol. The number of esters is 4. The Morgan fingerprint density at radius 2 is 0.500 bits per heavy atom. The summed E-state index contributed by atoms with van der Waals surface area (Å²) in [4.78, 5) is 73.1. The van der Waals surface area contributed by atoms with Gasteiger partial charge in [0.25, 0.3) is 0 Å². The number of ether oxygens (including phenoxy) is 4. The van der Waals surface area contributed by atoms with Gasteiger partial charge in [-0.3, -0.25) is 37.3 Å². The minimum atomic E-state index is -5.02. The van der Waals surface area contributed by atoms with E-state index < -0.39 is 97.5 Å². The van der Waals surface area contributed by atoms with Gasteiger partial charge in [0.05, 0.1) is 26.4 Å². The maximum absolute atomic E-state index is 13.1. The number of carbonyl (C=O) groups is 4. The highest BCUT2D eigenvalue weighted by Gasteiger charge is 2.30. The number of aliphatic hydroxyl groups excluding tert-OH is 1. The van der Waals surface area contributed by atoms with Crippen LogP contribution in [0, 0.1) is 0 Å². The van der Waals surface area contributed by atoms with Gasteiger partial charge in [0, 0.05) is 25.7 Å². The first-order chi connectivity index (χ1) is 52.7. The highest BCUT2D eigenvalue weighted by Crippen LogP contribution is 2.45. The zero-order valence-electron chi connectivity index (χ0n) is 67.2. The Balaban J connectivity index is 5.53. The number of hydrogen-bond donors (Lipinski definition) is 3. The minimum absolute atomic E-state index is 0.0139. The topological polar surface area (TPSA) is 237 Å². The van der Waals surface area contributed by atoms with Crippen LogP contribution in [0.25, 0.3) is 0 Å². The Kier molecular flexibility index (Phi) is 75.4. The molecule has 614 valence electrons. The monoisotopic (exact) mass is 1550 g/mol. The van der Waals surface area contributed by atoms with E-state index in [0.717, 1.165) is 128 Å². The maximum Gasteiger partial charge on any atom is 0.472 e. The van der Waals surface area contributed by atoms with Crippen LogP contribution in [0.3, 0.4) is 0 Å². The first-order valence-electron chi connectivity index (χ1n) is 41.4. The Bertz CT molecular complexity index is 2710. The first kappa shape index (κ1) is 102. The van der Waals surface area contributed by atoms with Crippen LogP contribution in [-0.4, -0.2) is 96.7 Å². The van der Waals surface area contributed by atoms with Crippen molar-refractivity contribution in [2.24, 2.45) is 0 Å². The molecule has 0 aromatic heterocycles. The molecule has 0 spiro atoms. The van der Waals surface area contributed by atoms with Crippen LogP contribution < -0.4 is 0 Å². The molecule has 0 heterocycles. The molecule has 0 saturated heterocycles. The summed E-state index contributed by atoms with van der Waals surface area (Å²) < 4.78 is 68.5. The largest absolute Gasteiger partial charge is 0.472 e. The molecule has 0 aliphatic rings. The van der Waals surface area contributed by atoms with Crippen LogP contribution >= 0.6 is 15.6 Å². The summed E-state index contributed by atoms with van der Waals surface area (Å²) in [6.07, 6.45) is 95.0. The number of hydrogen-bond acceptors (Lipinski definition) is 15. The number of phosphoric acid groups is 2. The van der Waals surface area contributed by atoms with Gasteiger partial charge in [-0.15, -0.1) is 0 Å². The molecule has 0 bridgehead atoms. The third-order valence-electron chi connectivity index (χ3n) is 16.7. The van der Waals surface area contributed by atoms with Crippen molar-refractivity contribution in [1.82, 2.24) is 0 Å². The summed E-state index contributed by atoms with van der Waals surface area (Å²) >= 11 is 0. The lowest BCUT2D eigenvalue weighted by molar-refractivity contribution is -0.161. The number of allylic oxidation sites excluding steroid dienone is 28. The van der Waals surface area contributed by atoms with Gasteiger partial charge in [-0.05, 0) is 135 Å². The standard InChI is InChI=1S/C89H146O17P2/c1-5-9-13-17-21-25-29-33-37-39-41-43-47-50-54-58-62-66-70-74-87(92)100-80-85(106-89(94)76-72-68-64-60-56-52-48-44-42-40-38-34-30-26-22-18-14-10-6-2)82-104-108(97,98)102-78-83(90)77-101-107(95,96)103-81-84(105-88(93)75-71-67-63-59-55-51-46-36-32-28-24-20-16-12-8-4)79-99-86(91)73-69-65-61-57-53-49-45-35-31-27-23-19-15-11-7-3/h9-10,13-14,21-22,24-26,28,33-34,36-38,41-44,46,50,52,54,56,62,64,66,68,83-85,90H,5-8,11-12,15-20,23,27,29-32,35,39-40,45,47-49,51,53,55,57-61,63,65,67,69-82H2,1-4H3,(H,95,96)(H,97,98)/b13-9-,14-10-,25-21-,26-22-,28-24-,37-33-,38-34-,43-41-,44-42-,46-36-,54-50-,56-52-,66-62-,68-64-/t83-,84+,85+/m0/s1. The van der Waals surface area contributed by atoms with Crippen molar-refractivity contribution in [1.29, 1.82) is 0 Å². The molecule has 19 heteroatoms. The molecule has 5 atom stereocenters. The third kappa shape index (κ3) is 78.5. The average molecular weight is 1550 g/mol. The van der Waals surface area contributed by atoms with Gasteiger partial charge in [-0.25, -0.2) is 9.13 Å². The van der Waals surface area contributed by atoms with E-state index in [0.29, 0.717) is 38.5 Å². The second-order valence-corrected chi connectivity index (χ2v) is 29.9. The highest BCUT2D eigenvalue weighted by atomic mass is 31.2. The van der Waals surface area contributed by atoms with Crippen LogP contribution in [0.5, 0.6) is 0 Å². The molecule has 0 radical (unpaired) electrons. The van der Waals surface area contributed by atoms with Gasteiger partial charge in [-0.2, -0.15) is 0 Å². The number of aliphatic hydroxyl groups is 1. The summed E-state index contributed by atoms with van der Waals surface area (Å²) in [5.74, 6) is -2.39. The molecule has 17 nitrogen and oxygen atoms in total. The summed E-state index contributed by atoms with van der Waals surface area (Å²) in [7, 11) is -10.0. The van der Waals surface area contributed by atoms with Gasteiger partial charge in [-0.1, -0.05) is 320 Å². The molecule has 0 saturated carbocycles. The second kappa shape index (κ2) is 79.5. The smallest absolute Gasteiger partial charge is 0.462 e.